The Kier molecular flexibility index (Phi) is 5.17. The zero-order valence-corrected chi connectivity index (χ0v) is 14.6. The molecule has 0 radical (unpaired) electrons. The third kappa shape index (κ3) is 4.12. The van der Waals surface area contributed by atoms with E-state index in [-0.39, 0.29) is 24.3 Å². The standard InChI is InChI=1S/C16H23N3O4S/c1-24(21,22)19-8-9-23-15-12-18(7-5-13(15)11-19)16(20)10-14-4-2-3-6-17-14/h2-4,6,13,15H,5,7-12H2,1H3/t13-,15-/m0/s1. The molecule has 7 nitrogen and oxygen atoms in total. The third-order valence-electron chi connectivity index (χ3n) is 4.69. The second kappa shape index (κ2) is 7.16. The first-order chi connectivity index (χ1) is 11.4. The van der Waals surface area contributed by atoms with Crippen molar-refractivity contribution in [2.45, 2.75) is 18.9 Å². The summed E-state index contributed by atoms with van der Waals surface area (Å²) < 4.78 is 30.9. The van der Waals surface area contributed by atoms with E-state index < -0.39 is 10.0 Å². The molecule has 2 saturated heterocycles. The van der Waals surface area contributed by atoms with E-state index in [1.807, 2.05) is 23.1 Å². The van der Waals surface area contributed by atoms with Crippen LogP contribution in [-0.4, -0.2) is 73.7 Å². The summed E-state index contributed by atoms with van der Waals surface area (Å²) in [4.78, 5) is 18.5. The number of carbonyl (C=O) groups is 1. The minimum atomic E-state index is -3.21. The fourth-order valence-electron chi connectivity index (χ4n) is 3.32. The minimum Gasteiger partial charge on any atom is -0.375 e. The van der Waals surface area contributed by atoms with E-state index in [0.29, 0.717) is 32.8 Å². The van der Waals surface area contributed by atoms with Gasteiger partial charge in [-0.3, -0.25) is 9.78 Å². The summed E-state index contributed by atoms with van der Waals surface area (Å²) in [6.07, 6.45) is 3.86. The van der Waals surface area contributed by atoms with Crippen molar-refractivity contribution in [2.24, 2.45) is 5.92 Å². The maximum Gasteiger partial charge on any atom is 0.228 e. The van der Waals surface area contributed by atoms with Crippen molar-refractivity contribution in [2.75, 3.05) is 39.0 Å². The molecule has 132 valence electrons. The van der Waals surface area contributed by atoms with Crippen molar-refractivity contribution in [3.63, 3.8) is 0 Å². The molecule has 2 aliphatic rings. The van der Waals surface area contributed by atoms with Gasteiger partial charge in [0.15, 0.2) is 0 Å². The van der Waals surface area contributed by atoms with E-state index >= 15 is 0 Å². The Hall–Kier alpha value is -1.51. The molecule has 0 aliphatic carbocycles. The molecule has 0 spiro atoms. The molecule has 0 bridgehead atoms. The third-order valence-corrected chi connectivity index (χ3v) is 5.96. The number of piperidine rings is 1. The van der Waals surface area contributed by atoms with Crippen molar-refractivity contribution in [1.29, 1.82) is 0 Å². The Morgan fingerprint density at radius 3 is 2.88 bits per heavy atom. The molecular formula is C16H23N3O4S. The molecule has 0 unspecified atom stereocenters. The molecule has 1 aromatic rings. The first kappa shape index (κ1) is 17.3. The predicted octanol–water partition coefficient (Wildman–Crippen LogP) is 0.133. The van der Waals surface area contributed by atoms with Gasteiger partial charge in [-0.15, -0.1) is 0 Å². The Morgan fingerprint density at radius 2 is 2.17 bits per heavy atom. The van der Waals surface area contributed by atoms with Crippen LogP contribution in [0.3, 0.4) is 0 Å². The first-order valence-electron chi connectivity index (χ1n) is 8.18. The molecule has 1 amide bonds. The van der Waals surface area contributed by atoms with Gasteiger partial charge in [0.05, 0.1) is 25.4 Å². The lowest BCUT2D eigenvalue weighted by Gasteiger charge is -2.37. The van der Waals surface area contributed by atoms with Crippen LogP contribution in [0.15, 0.2) is 24.4 Å². The number of rotatable bonds is 3. The number of nitrogens with zero attached hydrogens (tertiary/aromatic N) is 3. The van der Waals surface area contributed by atoms with Crippen LogP contribution in [0.2, 0.25) is 0 Å². The SMILES string of the molecule is CS(=O)(=O)N1CCO[C@H]2CN(C(=O)Cc3ccccn3)CC[C@H]2C1. The van der Waals surface area contributed by atoms with Gasteiger partial charge in [0.25, 0.3) is 0 Å². The summed E-state index contributed by atoms with van der Waals surface area (Å²) in [6.45, 7) is 2.39. The number of pyridine rings is 1. The maximum absolute atomic E-state index is 12.5. The van der Waals surface area contributed by atoms with Crippen LogP contribution in [-0.2, 0) is 26.0 Å². The Morgan fingerprint density at radius 1 is 1.33 bits per heavy atom. The van der Waals surface area contributed by atoms with Gasteiger partial charge < -0.3 is 9.64 Å². The first-order valence-corrected chi connectivity index (χ1v) is 10.0. The number of likely N-dealkylation sites (tertiary alicyclic amines) is 1. The molecule has 0 N–H and O–H groups in total. The lowest BCUT2D eigenvalue weighted by atomic mass is 9.93. The molecule has 3 heterocycles. The predicted molar refractivity (Wildman–Crippen MR) is 88.8 cm³/mol. The van der Waals surface area contributed by atoms with Gasteiger partial charge >= 0.3 is 0 Å². The molecule has 3 rings (SSSR count). The van der Waals surface area contributed by atoms with Crippen LogP contribution in [0.4, 0.5) is 0 Å². The van der Waals surface area contributed by atoms with Crippen LogP contribution in [0.25, 0.3) is 0 Å². The summed E-state index contributed by atoms with van der Waals surface area (Å²) in [7, 11) is -3.21. The van der Waals surface area contributed by atoms with Crippen molar-refractivity contribution in [3.8, 4) is 0 Å². The van der Waals surface area contributed by atoms with Crippen molar-refractivity contribution >= 4 is 15.9 Å². The van der Waals surface area contributed by atoms with E-state index in [9.17, 15) is 13.2 Å². The molecule has 24 heavy (non-hydrogen) atoms. The van der Waals surface area contributed by atoms with Gasteiger partial charge in [0.2, 0.25) is 15.9 Å². The fraction of sp³-hybridized carbons (Fsp3) is 0.625. The van der Waals surface area contributed by atoms with Crippen LogP contribution in [0, 0.1) is 5.92 Å². The Balaban J connectivity index is 1.61. The highest BCUT2D eigenvalue weighted by Crippen LogP contribution is 2.25. The van der Waals surface area contributed by atoms with Crippen molar-refractivity contribution < 1.29 is 17.9 Å². The van der Waals surface area contributed by atoms with Crippen LogP contribution >= 0.6 is 0 Å². The normalized spacial score (nSPS) is 25.8. The number of ether oxygens (including phenoxy) is 1. The van der Waals surface area contributed by atoms with Crippen molar-refractivity contribution in [1.82, 2.24) is 14.2 Å². The van der Waals surface area contributed by atoms with Gasteiger partial charge in [-0.25, -0.2) is 8.42 Å². The summed E-state index contributed by atoms with van der Waals surface area (Å²) in [5.41, 5.74) is 0.759. The van der Waals surface area contributed by atoms with Crippen LogP contribution in [0.1, 0.15) is 12.1 Å². The highest BCUT2D eigenvalue weighted by atomic mass is 32.2. The number of sulfonamides is 1. The van der Waals surface area contributed by atoms with E-state index in [0.717, 1.165) is 12.1 Å². The lowest BCUT2D eigenvalue weighted by molar-refractivity contribution is -0.136. The van der Waals surface area contributed by atoms with Gasteiger partial charge in [0.1, 0.15) is 0 Å². The fourth-order valence-corrected chi connectivity index (χ4v) is 4.19. The molecule has 2 fully saturated rings. The Labute approximate surface area is 142 Å². The van der Waals surface area contributed by atoms with Gasteiger partial charge in [-0.05, 0) is 18.6 Å². The largest absolute Gasteiger partial charge is 0.375 e. The number of amides is 1. The summed E-state index contributed by atoms with van der Waals surface area (Å²) in [5.74, 6) is 0.182. The summed E-state index contributed by atoms with van der Waals surface area (Å²) in [6, 6.07) is 5.54. The monoisotopic (exact) mass is 353 g/mol. The number of fused-ring (bicyclic) bond motifs is 1. The van der Waals surface area contributed by atoms with Crippen LogP contribution < -0.4 is 0 Å². The maximum atomic E-state index is 12.5. The van der Waals surface area contributed by atoms with Gasteiger partial charge in [0, 0.05) is 44.0 Å². The summed E-state index contributed by atoms with van der Waals surface area (Å²) in [5, 5.41) is 0. The second-order valence-electron chi connectivity index (χ2n) is 6.42. The van der Waals surface area contributed by atoms with Crippen molar-refractivity contribution in [3.05, 3.63) is 30.1 Å². The van der Waals surface area contributed by atoms with E-state index in [4.69, 9.17) is 4.74 Å². The number of carbonyl (C=O) groups excluding carboxylic acids is 1. The highest BCUT2D eigenvalue weighted by molar-refractivity contribution is 7.88. The molecule has 2 aliphatic heterocycles. The minimum absolute atomic E-state index is 0.0416. The molecule has 0 saturated carbocycles. The average molecular weight is 353 g/mol. The molecule has 2 atom stereocenters. The second-order valence-corrected chi connectivity index (χ2v) is 8.40. The number of hydrogen-bond acceptors (Lipinski definition) is 5. The van der Waals surface area contributed by atoms with E-state index in [1.165, 1.54) is 10.6 Å². The molecule has 8 heteroatoms. The van der Waals surface area contributed by atoms with Gasteiger partial charge in [-0.2, -0.15) is 4.31 Å². The zero-order chi connectivity index (χ0) is 17.2. The van der Waals surface area contributed by atoms with E-state index in [1.54, 1.807) is 6.20 Å². The number of hydrogen-bond donors (Lipinski definition) is 0. The smallest absolute Gasteiger partial charge is 0.228 e. The average Bonchev–Trinajstić information content (AvgIpc) is 2.77. The molecule has 0 aromatic carbocycles. The Bertz CT molecular complexity index is 680. The quantitative estimate of drug-likeness (QED) is 0.772. The van der Waals surface area contributed by atoms with E-state index in [2.05, 4.69) is 4.98 Å². The molecule has 1 aromatic heterocycles. The molecular weight excluding hydrogens is 330 g/mol. The topological polar surface area (TPSA) is 79.8 Å². The number of aromatic nitrogens is 1. The highest BCUT2D eigenvalue weighted by Gasteiger charge is 2.36. The van der Waals surface area contributed by atoms with Gasteiger partial charge in [-0.1, -0.05) is 6.07 Å². The lowest BCUT2D eigenvalue weighted by Crippen LogP contribution is -2.49. The summed E-state index contributed by atoms with van der Waals surface area (Å²) >= 11 is 0. The van der Waals surface area contributed by atoms with Crippen LogP contribution in [0.5, 0.6) is 0 Å². The zero-order valence-electron chi connectivity index (χ0n) is 13.8.